The molecule has 31 heavy (non-hydrogen) atoms. The molecule has 3 N–H and O–H groups in total. The first-order valence-electron chi connectivity index (χ1n) is 9.66. The number of anilines is 2. The molecule has 0 aliphatic rings. The number of hydrogen-bond donors (Lipinski definition) is 3. The molecule has 160 valence electrons. The highest BCUT2D eigenvalue weighted by Gasteiger charge is 2.17. The van der Waals surface area contributed by atoms with E-state index in [1.54, 1.807) is 36.1 Å². The molecule has 2 aromatic heterocycles. The second-order valence-electron chi connectivity index (χ2n) is 7.31. The topological polar surface area (TPSA) is 110 Å². The third kappa shape index (κ3) is 4.04. The van der Waals surface area contributed by atoms with Crippen molar-refractivity contribution in [3.8, 4) is 17.1 Å². The van der Waals surface area contributed by atoms with Crippen molar-refractivity contribution < 1.29 is 9.53 Å². The summed E-state index contributed by atoms with van der Waals surface area (Å²) in [6, 6.07) is 9.01. The number of aromatic amines is 1. The Kier molecular flexibility index (Phi) is 5.51. The average Bonchev–Trinajstić information content (AvgIpc) is 3.36. The molecule has 2 heterocycles. The van der Waals surface area contributed by atoms with Gasteiger partial charge < -0.3 is 15.4 Å². The van der Waals surface area contributed by atoms with Crippen LogP contribution in [0.4, 0.5) is 11.6 Å². The number of amides is 1. The lowest BCUT2D eigenvalue weighted by atomic mass is 10.1. The predicted molar refractivity (Wildman–Crippen MR) is 120 cm³/mol. The first-order chi connectivity index (χ1) is 14.9. The number of aryl methyl sites for hydroxylation is 1. The molecule has 0 unspecified atom stereocenters. The summed E-state index contributed by atoms with van der Waals surface area (Å²) >= 11 is 6.50. The number of carbonyl (C=O) groups excluding carboxylic acids is 1. The zero-order chi connectivity index (χ0) is 22.1. The first kappa shape index (κ1) is 20.7. The maximum atomic E-state index is 12.4. The minimum Gasteiger partial charge on any atom is -0.496 e. The fourth-order valence-electron chi connectivity index (χ4n) is 3.17. The van der Waals surface area contributed by atoms with E-state index in [4.69, 9.17) is 16.3 Å². The number of rotatable bonds is 6. The van der Waals surface area contributed by atoms with Gasteiger partial charge in [0.15, 0.2) is 5.82 Å². The van der Waals surface area contributed by atoms with Gasteiger partial charge in [-0.2, -0.15) is 10.1 Å². The molecule has 4 rings (SSSR count). The molecule has 0 fully saturated rings. The van der Waals surface area contributed by atoms with E-state index in [2.05, 4.69) is 30.9 Å². The number of halogens is 1. The fraction of sp³-hybridized carbons (Fsp3) is 0.238. The summed E-state index contributed by atoms with van der Waals surface area (Å²) in [5.74, 6) is 1.25. The summed E-state index contributed by atoms with van der Waals surface area (Å²) in [5.41, 5.74) is 2.71. The molecule has 0 spiro atoms. The van der Waals surface area contributed by atoms with Crippen LogP contribution in [0.3, 0.4) is 0 Å². The van der Waals surface area contributed by atoms with Crippen molar-refractivity contribution in [1.82, 2.24) is 30.3 Å². The number of H-pyrrole nitrogens is 1. The maximum absolute atomic E-state index is 12.4. The number of aromatic nitrogens is 5. The third-order valence-electron chi connectivity index (χ3n) is 4.69. The van der Waals surface area contributed by atoms with E-state index in [1.165, 1.54) is 7.11 Å². The van der Waals surface area contributed by atoms with Gasteiger partial charge in [-0.15, -0.1) is 5.10 Å². The average molecular weight is 440 g/mol. The number of fused-ring (bicyclic) bond motifs is 1. The van der Waals surface area contributed by atoms with Crippen molar-refractivity contribution >= 4 is 40.0 Å². The Morgan fingerprint density at radius 1 is 1.26 bits per heavy atom. The van der Waals surface area contributed by atoms with Crippen LogP contribution in [-0.4, -0.2) is 44.0 Å². The summed E-state index contributed by atoms with van der Waals surface area (Å²) in [5, 5.41) is 18.8. The molecular weight excluding hydrogens is 418 g/mol. The Morgan fingerprint density at radius 2 is 2.06 bits per heavy atom. The zero-order valence-corrected chi connectivity index (χ0v) is 18.3. The highest BCUT2D eigenvalue weighted by atomic mass is 35.5. The lowest BCUT2D eigenvalue weighted by molar-refractivity contribution is 0.0940. The van der Waals surface area contributed by atoms with E-state index in [0.29, 0.717) is 33.8 Å². The zero-order valence-electron chi connectivity index (χ0n) is 17.5. The van der Waals surface area contributed by atoms with Gasteiger partial charge in [-0.05, 0) is 38.1 Å². The molecule has 0 radical (unpaired) electrons. The summed E-state index contributed by atoms with van der Waals surface area (Å²) in [6.45, 7) is 3.81. The normalized spacial score (nSPS) is 11.2. The molecule has 0 atom stereocenters. The Balaban J connectivity index is 1.63. The van der Waals surface area contributed by atoms with Crippen LogP contribution in [-0.2, 0) is 7.05 Å². The van der Waals surface area contributed by atoms with Crippen molar-refractivity contribution in [2.24, 2.45) is 7.05 Å². The third-order valence-corrected chi connectivity index (χ3v) is 5.10. The van der Waals surface area contributed by atoms with E-state index in [9.17, 15) is 4.79 Å². The Hall–Kier alpha value is -3.59. The largest absolute Gasteiger partial charge is 0.496 e. The lowest BCUT2D eigenvalue weighted by Crippen LogP contribution is -2.30. The molecule has 0 aliphatic heterocycles. The van der Waals surface area contributed by atoms with Crippen LogP contribution in [0, 0.1) is 0 Å². The van der Waals surface area contributed by atoms with Crippen LogP contribution in [0.2, 0.25) is 5.02 Å². The van der Waals surface area contributed by atoms with Crippen LogP contribution in [0.5, 0.6) is 5.75 Å². The van der Waals surface area contributed by atoms with Gasteiger partial charge in [0.25, 0.3) is 5.91 Å². The van der Waals surface area contributed by atoms with Crippen molar-refractivity contribution in [3.05, 3.63) is 47.1 Å². The lowest BCUT2D eigenvalue weighted by Gasteiger charge is -2.12. The van der Waals surface area contributed by atoms with E-state index in [-0.39, 0.29) is 11.9 Å². The highest BCUT2D eigenvalue weighted by molar-refractivity contribution is 6.38. The van der Waals surface area contributed by atoms with Gasteiger partial charge in [-0.25, -0.2) is 4.68 Å². The van der Waals surface area contributed by atoms with E-state index in [1.807, 2.05) is 26.0 Å². The summed E-state index contributed by atoms with van der Waals surface area (Å²) in [4.78, 5) is 17.0. The van der Waals surface area contributed by atoms with Crippen LogP contribution in [0.1, 0.15) is 24.2 Å². The van der Waals surface area contributed by atoms with Crippen molar-refractivity contribution in [2.75, 3.05) is 12.4 Å². The van der Waals surface area contributed by atoms with Gasteiger partial charge in [-0.1, -0.05) is 17.7 Å². The van der Waals surface area contributed by atoms with Gasteiger partial charge in [0.1, 0.15) is 5.75 Å². The predicted octanol–water partition coefficient (Wildman–Crippen LogP) is 3.90. The Labute approximate surface area is 183 Å². The Bertz CT molecular complexity index is 1260. The maximum Gasteiger partial charge on any atom is 0.255 e. The van der Waals surface area contributed by atoms with Crippen LogP contribution >= 0.6 is 11.6 Å². The second kappa shape index (κ2) is 8.27. The molecule has 10 heteroatoms. The summed E-state index contributed by atoms with van der Waals surface area (Å²) in [6.07, 6.45) is 1.67. The van der Waals surface area contributed by atoms with Gasteiger partial charge in [0, 0.05) is 24.0 Å². The first-order valence-corrected chi connectivity index (χ1v) is 10.0. The van der Waals surface area contributed by atoms with Gasteiger partial charge in [-0.3, -0.25) is 9.89 Å². The summed E-state index contributed by atoms with van der Waals surface area (Å²) < 4.78 is 7.05. The van der Waals surface area contributed by atoms with Crippen LogP contribution in [0.25, 0.3) is 22.3 Å². The SMILES string of the molecule is COc1cc(-c2nc(Nc3ccc4[nH]ncc4c3Cl)n(C)n2)ccc1C(=O)NC(C)C. The monoisotopic (exact) mass is 439 g/mol. The van der Waals surface area contributed by atoms with Crippen molar-refractivity contribution in [2.45, 2.75) is 19.9 Å². The molecule has 0 saturated carbocycles. The number of benzene rings is 2. The van der Waals surface area contributed by atoms with E-state index < -0.39 is 0 Å². The molecule has 0 saturated heterocycles. The molecule has 9 nitrogen and oxygen atoms in total. The van der Waals surface area contributed by atoms with E-state index >= 15 is 0 Å². The fourth-order valence-corrected chi connectivity index (χ4v) is 3.43. The van der Waals surface area contributed by atoms with Crippen molar-refractivity contribution in [1.29, 1.82) is 0 Å². The van der Waals surface area contributed by atoms with Gasteiger partial charge in [0.05, 0.1) is 35.1 Å². The molecule has 0 aliphatic carbocycles. The quantitative estimate of drug-likeness (QED) is 0.420. The minimum atomic E-state index is -0.195. The number of ether oxygens (including phenoxy) is 1. The highest BCUT2D eigenvalue weighted by Crippen LogP contribution is 2.32. The van der Waals surface area contributed by atoms with E-state index in [0.717, 1.165) is 16.5 Å². The number of hydrogen-bond acceptors (Lipinski definition) is 6. The van der Waals surface area contributed by atoms with Crippen molar-refractivity contribution in [3.63, 3.8) is 0 Å². The number of nitrogens with zero attached hydrogens (tertiary/aromatic N) is 4. The van der Waals surface area contributed by atoms with Crippen LogP contribution in [0.15, 0.2) is 36.5 Å². The molecule has 1 amide bonds. The molecule has 0 bridgehead atoms. The smallest absolute Gasteiger partial charge is 0.255 e. The molecular formula is C21H22ClN7O2. The molecule has 2 aromatic carbocycles. The Morgan fingerprint density at radius 3 is 2.81 bits per heavy atom. The number of carbonyl (C=O) groups is 1. The second-order valence-corrected chi connectivity index (χ2v) is 7.69. The minimum absolute atomic E-state index is 0.0241. The standard InChI is InChI=1S/C21H22ClN7O2/c1-11(2)24-20(30)13-6-5-12(9-17(13)31-4)19-26-21(29(3)28-19)25-16-8-7-15-14(18(16)22)10-23-27-15/h5-11H,1-4H3,(H,23,27)(H,24,30)(H,25,26,28). The number of nitrogens with one attached hydrogen (secondary N) is 3. The number of methoxy groups -OCH3 is 1. The molecule has 4 aromatic rings. The summed E-state index contributed by atoms with van der Waals surface area (Å²) in [7, 11) is 3.31. The van der Waals surface area contributed by atoms with Gasteiger partial charge >= 0.3 is 0 Å². The van der Waals surface area contributed by atoms with Gasteiger partial charge in [0.2, 0.25) is 5.95 Å². The van der Waals surface area contributed by atoms with Crippen LogP contribution < -0.4 is 15.4 Å².